The number of ether oxygens (including phenoxy) is 1. The minimum Gasteiger partial charge on any atom is -0.376 e. The molecule has 4 rings (SSSR count). The summed E-state index contributed by atoms with van der Waals surface area (Å²) in [5, 5.41) is 0.732. The zero-order chi connectivity index (χ0) is 20.9. The molecule has 1 aliphatic heterocycles. The molecule has 0 saturated carbocycles. The Morgan fingerprint density at radius 2 is 2.07 bits per heavy atom. The molecule has 0 aliphatic carbocycles. The van der Waals surface area contributed by atoms with E-state index in [1.54, 1.807) is 51.9 Å². The number of amides is 1. The number of thioether (sulfide) groups is 2. The lowest BCUT2D eigenvalue weighted by molar-refractivity contribution is -0.118. The number of fused-ring (bicyclic) bond motifs is 1. The van der Waals surface area contributed by atoms with Gasteiger partial charge in [-0.15, -0.1) is 23.5 Å². The standard InChI is InChI=1S/C22H23FN2O2S3/c1-28-18-8-9-19-20(13-18)30-22(24-19)25(14-16-3-2-11-27-16)21(26)10-12-29-17-6-4-15(23)5-7-17/h4-9,13,16H,2-3,10-12,14H2,1H3. The van der Waals surface area contributed by atoms with Gasteiger partial charge in [-0.05, 0) is 61.6 Å². The Kier molecular flexibility index (Phi) is 7.30. The summed E-state index contributed by atoms with van der Waals surface area (Å²) in [5.41, 5.74) is 0.915. The zero-order valence-corrected chi connectivity index (χ0v) is 19.1. The summed E-state index contributed by atoms with van der Waals surface area (Å²) in [7, 11) is 0. The molecule has 1 aliphatic rings. The molecule has 8 heteroatoms. The van der Waals surface area contributed by atoms with Crippen LogP contribution in [0.2, 0.25) is 0 Å². The number of aromatic nitrogens is 1. The molecule has 0 N–H and O–H groups in total. The van der Waals surface area contributed by atoms with Crippen molar-refractivity contribution in [2.45, 2.75) is 35.2 Å². The fourth-order valence-electron chi connectivity index (χ4n) is 3.34. The van der Waals surface area contributed by atoms with E-state index in [9.17, 15) is 9.18 Å². The lowest BCUT2D eigenvalue weighted by atomic mass is 10.2. The van der Waals surface area contributed by atoms with E-state index in [-0.39, 0.29) is 17.8 Å². The number of thiazole rings is 1. The van der Waals surface area contributed by atoms with E-state index in [2.05, 4.69) is 18.4 Å². The van der Waals surface area contributed by atoms with Crippen molar-refractivity contribution in [3.05, 3.63) is 48.3 Å². The summed E-state index contributed by atoms with van der Waals surface area (Å²) in [6.07, 6.45) is 4.50. The van der Waals surface area contributed by atoms with Gasteiger partial charge in [-0.3, -0.25) is 9.69 Å². The van der Waals surface area contributed by atoms with E-state index in [0.29, 0.717) is 18.7 Å². The van der Waals surface area contributed by atoms with Crippen molar-refractivity contribution in [2.75, 3.05) is 30.1 Å². The monoisotopic (exact) mass is 462 g/mol. The van der Waals surface area contributed by atoms with Gasteiger partial charge in [0.05, 0.1) is 22.9 Å². The third kappa shape index (κ3) is 5.35. The van der Waals surface area contributed by atoms with Crippen LogP contribution < -0.4 is 4.90 Å². The van der Waals surface area contributed by atoms with E-state index in [1.807, 2.05) is 6.07 Å². The van der Waals surface area contributed by atoms with Crippen molar-refractivity contribution in [3.63, 3.8) is 0 Å². The number of rotatable bonds is 8. The highest BCUT2D eigenvalue weighted by atomic mass is 32.2. The van der Waals surface area contributed by atoms with Gasteiger partial charge in [0, 0.05) is 28.6 Å². The zero-order valence-electron chi connectivity index (χ0n) is 16.7. The fourth-order valence-corrected chi connectivity index (χ4v) is 5.72. The van der Waals surface area contributed by atoms with E-state index in [1.165, 1.54) is 17.0 Å². The summed E-state index contributed by atoms with van der Waals surface area (Å²) >= 11 is 4.81. The van der Waals surface area contributed by atoms with Gasteiger partial charge in [-0.1, -0.05) is 11.3 Å². The Morgan fingerprint density at radius 3 is 2.80 bits per heavy atom. The number of anilines is 1. The van der Waals surface area contributed by atoms with Crippen LogP contribution in [0.1, 0.15) is 19.3 Å². The second kappa shape index (κ2) is 10.1. The van der Waals surface area contributed by atoms with Crippen molar-refractivity contribution in [1.29, 1.82) is 0 Å². The molecular formula is C22H23FN2O2S3. The minimum absolute atomic E-state index is 0.0456. The summed E-state index contributed by atoms with van der Waals surface area (Å²) in [5.74, 6) is 0.427. The van der Waals surface area contributed by atoms with Crippen molar-refractivity contribution in [2.24, 2.45) is 0 Å². The maximum atomic E-state index is 13.1. The highest BCUT2D eigenvalue weighted by Gasteiger charge is 2.26. The minimum atomic E-state index is -0.251. The van der Waals surface area contributed by atoms with Gasteiger partial charge in [0.2, 0.25) is 5.91 Å². The maximum absolute atomic E-state index is 13.1. The third-order valence-electron chi connectivity index (χ3n) is 4.92. The number of hydrogen-bond acceptors (Lipinski definition) is 6. The maximum Gasteiger partial charge on any atom is 0.229 e. The Labute approximate surface area is 188 Å². The average molecular weight is 463 g/mol. The Hall–Kier alpha value is -1.61. The first-order valence-electron chi connectivity index (χ1n) is 9.87. The van der Waals surface area contributed by atoms with Crippen molar-refractivity contribution in [3.8, 4) is 0 Å². The van der Waals surface area contributed by atoms with Crippen LogP contribution in [0.25, 0.3) is 10.2 Å². The summed E-state index contributed by atoms with van der Waals surface area (Å²) in [6, 6.07) is 12.6. The predicted octanol–water partition coefficient (Wildman–Crippen LogP) is 5.85. The molecule has 1 amide bonds. The number of halogens is 1. The van der Waals surface area contributed by atoms with Gasteiger partial charge in [-0.25, -0.2) is 9.37 Å². The Morgan fingerprint density at radius 1 is 1.27 bits per heavy atom. The van der Waals surface area contributed by atoms with Crippen LogP contribution in [0, 0.1) is 5.82 Å². The molecule has 1 aromatic heterocycles. The second-order valence-corrected chi connectivity index (χ2v) is 10.1. The number of nitrogens with zero attached hydrogens (tertiary/aromatic N) is 2. The molecule has 2 aromatic carbocycles. The fraction of sp³-hybridized carbons (Fsp3) is 0.364. The van der Waals surface area contributed by atoms with Crippen LogP contribution in [0.5, 0.6) is 0 Å². The molecule has 158 valence electrons. The van der Waals surface area contributed by atoms with Gasteiger partial charge in [-0.2, -0.15) is 0 Å². The van der Waals surface area contributed by atoms with E-state index in [4.69, 9.17) is 9.72 Å². The molecule has 1 unspecified atom stereocenters. The van der Waals surface area contributed by atoms with Crippen LogP contribution in [0.15, 0.2) is 52.3 Å². The molecular weight excluding hydrogens is 439 g/mol. The number of hydrogen-bond donors (Lipinski definition) is 0. The molecule has 30 heavy (non-hydrogen) atoms. The van der Waals surface area contributed by atoms with E-state index in [0.717, 1.165) is 39.7 Å². The highest BCUT2D eigenvalue weighted by molar-refractivity contribution is 7.99. The molecule has 1 fully saturated rings. The number of benzene rings is 2. The van der Waals surface area contributed by atoms with Crippen molar-refractivity contribution >= 4 is 56.1 Å². The van der Waals surface area contributed by atoms with Gasteiger partial charge in [0.15, 0.2) is 5.13 Å². The average Bonchev–Trinajstić information content (AvgIpc) is 3.42. The van der Waals surface area contributed by atoms with Crippen molar-refractivity contribution < 1.29 is 13.9 Å². The SMILES string of the molecule is CSc1ccc2nc(N(CC3CCCO3)C(=O)CCSc3ccc(F)cc3)sc2c1. The van der Waals surface area contributed by atoms with Crippen LogP contribution in [-0.4, -0.2) is 42.2 Å². The van der Waals surface area contributed by atoms with Crippen LogP contribution in [0.4, 0.5) is 9.52 Å². The quantitative estimate of drug-likeness (QED) is 0.393. The molecule has 2 heterocycles. The van der Waals surface area contributed by atoms with Crippen LogP contribution in [-0.2, 0) is 9.53 Å². The normalized spacial score (nSPS) is 16.3. The lowest BCUT2D eigenvalue weighted by Crippen LogP contribution is -2.37. The first-order chi connectivity index (χ1) is 14.6. The molecule has 0 radical (unpaired) electrons. The van der Waals surface area contributed by atoms with E-state index < -0.39 is 0 Å². The highest BCUT2D eigenvalue weighted by Crippen LogP contribution is 2.33. The molecule has 3 aromatic rings. The summed E-state index contributed by atoms with van der Waals surface area (Å²) in [6.45, 7) is 1.29. The first kappa shape index (κ1) is 21.6. The first-order valence-corrected chi connectivity index (χ1v) is 12.9. The molecule has 4 nitrogen and oxygen atoms in total. The Bertz CT molecular complexity index is 1000. The molecule has 1 atom stereocenters. The second-order valence-electron chi connectivity index (χ2n) is 7.02. The largest absolute Gasteiger partial charge is 0.376 e. The molecule has 1 saturated heterocycles. The molecule has 0 spiro atoms. The smallest absolute Gasteiger partial charge is 0.229 e. The summed E-state index contributed by atoms with van der Waals surface area (Å²) < 4.78 is 19.9. The van der Waals surface area contributed by atoms with Gasteiger partial charge < -0.3 is 4.74 Å². The summed E-state index contributed by atoms with van der Waals surface area (Å²) in [4.78, 5) is 21.8. The molecule has 0 bridgehead atoms. The van der Waals surface area contributed by atoms with Gasteiger partial charge >= 0.3 is 0 Å². The Balaban J connectivity index is 1.48. The lowest BCUT2D eigenvalue weighted by Gasteiger charge is -2.23. The van der Waals surface area contributed by atoms with Crippen LogP contribution in [0.3, 0.4) is 0 Å². The number of carbonyl (C=O) groups is 1. The predicted molar refractivity (Wildman–Crippen MR) is 124 cm³/mol. The van der Waals surface area contributed by atoms with Crippen LogP contribution >= 0.6 is 34.9 Å². The van der Waals surface area contributed by atoms with Gasteiger partial charge in [0.25, 0.3) is 0 Å². The van der Waals surface area contributed by atoms with Crippen molar-refractivity contribution in [1.82, 2.24) is 4.98 Å². The topological polar surface area (TPSA) is 42.4 Å². The van der Waals surface area contributed by atoms with E-state index >= 15 is 0 Å². The van der Waals surface area contributed by atoms with Gasteiger partial charge in [0.1, 0.15) is 5.82 Å². The number of carbonyl (C=O) groups excluding carboxylic acids is 1. The third-order valence-corrected chi connectivity index (χ3v) is 7.71.